The van der Waals surface area contributed by atoms with Crippen LogP contribution in [-0.4, -0.2) is 12.6 Å². The third kappa shape index (κ3) is 2.07. The number of carbonyl (C=O) groups is 1. The SMILES string of the molecule is CCOC(=O)C1(c2ccc(Br)cc2C#N)CC1. The van der Waals surface area contributed by atoms with Crippen LogP contribution in [0.3, 0.4) is 0 Å². The summed E-state index contributed by atoms with van der Waals surface area (Å²) in [6.07, 6.45) is 1.53. The Bertz CT molecular complexity index is 501. The van der Waals surface area contributed by atoms with Crippen molar-refractivity contribution < 1.29 is 9.53 Å². The molecule has 0 atom stereocenters. The van der Waals surface area contributed by atoms with E-state index in [9.17, 15) is 4.79 Å². The zero-order chi connectivity index (χ0) is 12.5. The Kier molecular flexibility index (Phi) is 3.21. The second-order valence-electron chi connectivity index (χ2n) is 4.10. The van der Waals surface area contributed by atoms with E-state index < -0.39 is 5.41 Å². The van der Waals surface area contributed by atoms with Crippen molar-refractivity contribution in [1.82, 2.24) is 0 Å². The first-order valence-electron chi connectivity index (χ1n) is 5.51. The van der Waals surface area contributed by atoms with Crippen LogP contribution in [0.4, 0.5) is 0 Å². The van der Waals surface area contributed by atoms with Crippen LogP contribution >= 0.6 is 15.9 Å². The lowest BCUT2D eigenvalue weighted by Gasteiger charge is -2.15. The molecule has 2 rings (SSSR count). The first-order valence-corrected chi connectivity index (χ1v) is 6.30. The lowest BCUT2D eigenvalue weighted by molar-refractivity contribution is -0.146. The number of carbonyl (C=O) groups excluding carboxylic acids is 1. The monoisotopic (exact) mass is 293 g/mol. The van der Waals surface area contributed by atoms with Crippen LogP contribution < -0.4 is 0 Å². The van der Waals surface area contributed by atoms with E-state index >= 15 is 0 Å². The topological polar surface area (TPSA) is 50.1 Å². The number of ether oxygens (including phenoxy) is 1. The van der Waals surface area contributed by atoms with Crippen molar-refractivity contribution in [2.45, 2.75) is 25.2 Å². The van der Waals surface area contributed by atoms with Crippen molar-refractivity contribution >= 4 is 21.9 Å². The molecule has 0 aromatic heterocycles. The van der Waals surface area contributed by atoms with Gasteiger partial charge < -0.3 is 4.74 Å². The molecule has 0 heterocycles. The van der Waals surface area contributed by atoms with Gasteiger partial charge in [-0.1, -0.05) is 22.0 Å². The third-order valence-electron chi connectivity index (χ3n) is 3.03. The molecule has 1 aliphatic carbocycles. The minimum atomic E-state index is -0.568. The minimum absolute atomic E-state index is 0.209. The molecule has 1 saturated carbocycles. The van der Waals surface area contributed by atoms with Gasteiger partial charge in [0.2, 0.25) is 0 Å². The maximum Gasteiger partial charge on any atom is 0.316 e. The summed E-state index contributed by atoms with van der Waals surface area (Å²) in [5.41, 5.74) is 0.772. The molecule has 0 N–H and O–H groups in total. The Morgan fingerprint density at radius 3 is 2.82 bits per heavy atom. The third-order valence-corrected chi connectivity index (χ3v) is 3.53. The molecule has 1 fully saturated rings. The van der Waals surface area contributed by atoms with Crippen LogP contribution in [0, 0.1) is 11.3 Å². The highest BCUT2D eigenvalue weighted by Crippen LogP contribution is 2.50. The molecule has 1 aromatic rings. The first kappa shape index (κ1) is 12.1. The van der Waals surface area contributed by atoms with Gasteiger partial charge in [-0.15, -0.1) is 0 Å². The van der Waals surface area contributed by atoms with Crippen LogP contribution in [-0.2, 0) is 14.9 Å². The molecular weight excluding hydrogens is 282 g/mol. The highest BCUT2D eigenvalue weighted by Gasteiger charge is 2.53. The average Bonchev–Trinajstić information content (AvgIpc) is 3.10. The fraction of sp³-hybridized carbons (Fsp3) is 0.385. The molecule has 0 bridgehead atoms. The van der Waals surface area contributed by atoms with E-state index in [0.29, 0.717) is 12.2 Å². The van der Waals surface area contributed by atoms with Crippen LogP contribution in [0.1, 0.15) is 30.9 Å². The van der Waals surface area contributed by atoms with Crippen molar-refractivity contribution in [3.05, 3.63) is 33.8 Å². The summed E-state index contributed by atoms with van der Waals surface area (Å²) >= 11 is 3.32. The molecule has 17 heavy (non-hydrogen) atoms. The molecule has 0 unspecified atom stereocenters. The predicted octanol–water partition coefficient (Wildman–Crippen LogP) is 2.92. The van der Waals surface area contributed by atoms with Gasteiger partial charge in [0.05, 0.1) is 23.7 Å². The maximum absolute atomic E-state index is 11.9. The predicted molar refractivity (Wildman–Crippen MR) is 66.4 cm³/mol. The van der Waals surface area contributed by atoms with Crippen molar-refractivity contribution in [3.63, 3.8) is 0 Å². The average molecular weight is 294 g/mol. The molecule has 1 aliphatic rings. The van der Waals surface area contributed by atoms with Crippen molar-refractivity contribution in [2.75, 3.05) is 6.61 Å². The fourth-order valence-electron chi connectivity index (χ4n) is 2.00. The molecule has 0 saturated heterocycles. The molecule has 0 radical (unpaired) electrons. The zero-order valence-corrected chi connectivity index (χ0v) is 11.1. The van der Waals surface area contributed by atoms with Crippen LogP contribution in [0.5, 0.6) is 0 Å². The van der Waals surface area contributed by atoms with E-state index in [2.05, 4.69) is 22.0 Å². The Balaban J connectivity index is 2.41. The summed E-state index contributed by atoms with van der Waals surface area (Å²) < 4.78 is 5.94. The Labute approximate surface area is 109 Å². The summed E-state index contributed by atoms with van der Waals surface area (Å²) in [7, 11) is 0. The smallest absolute Gasteiger partial charge is 0.316 e. The van der Waals surface area contributed by atoms with Gasteiger partial charge in [0.15, 0.2) is 0 Å². The number of nitriles is 1. The molecule has 1 aromatic carbocycles. The maximum atomic E-state index is 11.9. The van der Waals surface area contributed by atoms with Crippen molar-refractivity contribution in [1.29, 1.82) is 5.26 Å². The molecular formula is C13H12BrNO2. The Morgan fingerprint density at radius 1 is 1.59 bits per heavy atom. The number of hydrogen-bond donors (Lipinski definition) is 0. The summed E-state index contributed by atoms with van der Waals surface area (Å²) in [6, 6.07) is 7.58. The van der Waals surface area contributed by atoms with Gasteiger partial charge >= 0.3 is 5.97 Å². The number of benzene rings is 1. The second-order valence-corrected chi connectivity index (χ2v) is 5.02. The minimum Gasteiger partial charge on any atom is -0.465 e. The van der Waals surface area contributed by atoms with Gasteiger partial charge in [0, 0.05) is 4.47 Å². The van der Waals surface area contributed by atoms with E-state index in [4.69, 9.17) is 10.00 Å². The summed E-state index contributed by atoms with van der Waals surface area (Å²) in [6.45, 7) is 2.17. The van der Waals surface area contributed by atoms with Crippen LogP contribution in [0.2, 0.25) is 0 Å². The van der Waals surface area contributed by atoms with Gasteiger partial charge in [-0.3, -0.25) is 4.79 Å². The van der Waals surface area contributed by atoms with Gasteiger partial charge in [-0.05, 0) is 37.5 Å². The highest BCUT2D eigenvalue weighted by atomic mass is 79.9. The van der Waals surface area contributed by atoms with Gasteiger partial charge in [-0.25, -0.2) is 0 Å². The van der Waals surface area contributed by atoms with Gasteiger partial charge in [0.1, 0.15) is 0 Å². The van der Waals surface area contributed by atoms with E-state index in [-0.39, 0.29) is 5.97 Å². The van der Waals surface area contributed by atoms with Crippen LogP contribution in [0.25, 0.3) is 0 Å². The zero-order valence-electron chi connectivity index (χ0n) is 9.50. The lowest BCUT2D eigenvalue weighted by atomic mass is 9.92. The molecule has 0 amide bonds. The summed E-state index contributed by atoms with van der Waals surface area (Å²) in [4.78, 5) is 11.9. The standard InChI is InChI=1S/C13H12BrNO2/c1-2-17-12(16)13(5-6-13)11-4-3-10(14)7-9(11)8-15/h3-4,7H,2,5-6H2,1H3. The lowest BCUT2D eigenvalue weighted by Crippen LogP contribution is -2.24. The van der Waals surface area contributed by atoms with E-state index in [1.165, 1.54) is 0 Å². The van der Waals surface area contributed by atoms with Gasteiger partial charge in [-0.2, -0.15) is 5.26 Å². The molecule has 88 valence electrons. The summed E-state index contributed by atoms with van der Waals surface area (Å²) in [5.74, 6) is -0.209. The first-order chi connectivity index (χ1) is 8.14. The Hall–Kier alpha value is -1.34. The largest absolute Gasteiger partial charge is 0.465 e. The van der Waals surface area contributed by atoms with Gasteiger partial charge in [0.25, 0.3) is 0 Å². The normalized spacial score (nSPS) is 16.1. The van der Waals surface area contributed by atoms with Crippen molar-refractivity contribution in [3.8, 4) is 6.07 Å². The van der Waals surface area contributed by atoms with E-state index in [1.54, 1.807) is 13.0 Å². The van der Waals surface area contributed by atoms with E-state index in [1.807, 2.05) is 12.1 Å². The molecule has 0 aliphatic heterocycles. The number of esters is 1. The number of nitrogens with zero attached hydrogens (tertiary/aromatic N) is 1. The molecule has 4 heteroatoms. The summed E-state index contributed by atoms with van der Waals surface area (Å²) in [5, 5.41) is 9.12. The highest BCUT2D eigenvalue weighted by molar-refractivity contribution is 9.10. The fourth-order valence-corrected chi connectivity index (χ4v) is 2.37. The quantitative estimate of drug-likeness (QED) is 0.805. The van der Waals surface area contributed by atoms with Crippen molar-refractivity contribution in [2.24, 2.45) is 0 Å². The number of rotatable bonds is 3. The second kappa shape index (κ2) is 4.50. The molecule has 3 nitrogen and oxygen atoms in total. The molecule has 0 spiro atoms. The Morgan fingerprint density at radius 2 is 2.29 bits per heavy atom. The number of halogens is 1. The van der Waals surface area contributed by atoms with Crippen LogP contribution in [0.15, 0.2) is 22.7 Å². The number of hydrogen-bond acceptors (Lipinski definition) is 3. The van der Waals surface area contributed by atoms with E-state index in [0.717, 1.165) is 22.9 Å².